The largest absolute Gasteiger partial charge is 0.504 e. The van der Waals surface area contributed by atoms with E-state index in [1.165, 1.54) is 13.2 Å². The molecule has 2 rings (SSSR count). The molecule has 0 amide bonds. The SMILES string of the molecule is COc1ccc(CN(C)Cc2cc(C(C)(C)C)cc(O)c2O)cc1OC(F)F. The van der Waals surface area contributed by atoms with Crippen LogP contribution in [0.5, 0.6) is 23.0 Å². The first-order valence-corrected chi connectivity index (χ1v) is 8.87. The highest BCUT2D eigenvalue weighted by atomic mass is 19.3. The van der Waals surface area contributed by atoms with Gasteiger partial charge in [0.2, 0.25) is 0 Å². The Balaban J connectivity index is 2.20. The number of nitrogens with zero attached hydrogens (tertiary/aromatic N) is 1. The molecular formula is C21H27F2NO4. The standard InChI is InChI=1S/C21H27F2NO4/c1-21(2,3)15-9-14(19(26)16(25)10-15)12-24(4)11-13-6-7-17(27-5)18(8-13)28-20(22)23/h6-10,20,25-26H,11-12H2,1-5H3. The molecule has 0 atom stereocenters. The van der Waals surface area contributed by atoms with Gasteiger partial charge in [0.1, 0.15) is 0 Å². The third-order valence-electron chi connectivity index (χ3n) is 4.37. The summed E-state index contributed by atoms with van der Waals surface area (Å²) in [4.78, 5) is 1.90. The highest BCUT2D eigenvalue weighted by Gasteiger charge is 2.19. The molecular weight excluding hydrogens is 368 g/mol. The zero-order chi connectivity index (χ0) is 21.1. The molecule has 0 aliphatic carbocycles. The first-order valence-electron chi connectivity index (χ1n) is 8.87. The van der Waals surface area contributed by atoms with E-state index >= 15 is 0 Å². The van der Waals surface area contributed by atoms with Crippen LogP contribution in [0.15, 0.2) is 30.3 Å². The topological polar surface area (TPSA) is 62.2 Å². The summed E-state index contributed by atoms with van der Waals surface area (Å²) in [5.41, 5.74) is 2.05. The van der Waals surface area contributed by atoms with Gasteiger partial charge < -0.3 is 19.7 Å². The fraction of sp³-hybridized carbons (Fsp3) is 0.429. The Morgan fingerprint density at radius 3 is 2.29 bits per heavy atom. The molecule has 0 heterocycles. The van der Waals surface area contributed by atoms with E-state index in [1.807, 2.05) is 38.8 Å². The average Bonchev–Trinajstić information content (AvgIpc) is 2.57. The van der Waals surface area contributed by atoms with E-state index < -0.39 is 6.61 Å². The van der Waals surface area contributed by atoms with Crippen molar-refractivity contribution in [2.75, 3.05) is 14.2 Å². The van der Waals surface area contributed by atoms with Gasteiger partial charge in [-0.1, -0.05) is 32.9 Å². The van der Waals surface area contributed by atoms with Crippen LogP contribution < -0.4 is 9.47 Å². The lowest BCUT2D eigenvalue weighted by Gasteiger charge is -2.23. The van der Waals surface area contributed by atoms with Gasteiger partial charge in [-0.2, -0.15) is 8.78 Å². The summed E-state index contributed by atoms with van der Waals surface area (Å²) in [7, 11) is 3.22. The van der Waals surface area contributed by atoms with E-state index in [1.54, 1.807) is 18.2 Å². The smallest absolute Gasteiger partial charge is 0.387 e. The van der Waals surface area contributed by atoms with Crippen LogP contribution in [0.4, 0.5) is 8.78 Å². The van der Waals surface area contributed by atoms with E-state index in [2.05, 4.69) is 4.74 Å². The Morgan fingerprint density at radius 2 is 1.71 bits per heavy atom. The summed E-state index contributed by atoms with van der Waals surface area (Å²) in [5.74, 6) is -0.116. The van der Waals surface area contributed by atoms with Gasteiger partial charge in [-0.15, -0.1) is 0 Å². The van der Waals surface area contributed by atoms with E-state index in [9.17, 15) is 19.0 Å². The van der Waals surface area contributed by atoms with Crippen LogP contribution in [-0.4, -0.2) is 35.9 Å². The van der Waals surface area contributed by atoms with Crippen LogP contribution in [0.1, 0.15) is 37.5 Å². The predicted molar refractivity (Wildman–Crippen MR) is 103 cm³/mol. The number of methoxy groups -OCH3 is 1. The summed E-state index contributed by atoms with van der Waals surface area (Å²) in [5, 5.41) is 20.3. The van der Waals surface area contributed by atoms with Gasteiger partial charge in [-0.3, -0.25) is 4.90 Å². The molecule has 0 bridgehead atoms. The molecule has 2 N–H and O–H groups in total. The Morgan fingerprint density at radius 1 is 1.04 bits per heavy atom. The van der Waals surface area contributed by atoms with E-state index in [4.69, 9.17) is 4.74 Å². The molecule has 0 saturated heterocycles. The maximum atomic E-state index is 12.6. The summed E-state index contributed by atoms with van der Waals surface area (Å²) >= 11 is 0. The van der Waals surface area contributed by atoms with Gasteiger partial charge in [-0.25, -0.2) is 0 Å². The second kappa shape index (κ2) is 8.65. The van der Waals surface area contributed by atoms with Crippen molar-refractivity contribution in [2.45, 2.75) is 45.9 Å². The van der Waals surface area contributed by atoms with Gasteiger partial charge in [0.15, 0.2) is 23.0 Å². The zero-order valence-electron chi connectivity index (χ0n) is 16.8. The number of alkyl halides is 2. The average molecular weight is 395 g/mol. The molecule has 0 aliphatic heterocycles. The van der Waals surface area contributed by atoms with Crippen molar-refractivity contribution in [2.24, 2.45) is 0 Å². The van der Waals surface area contributed by atoms with Gasteiger partial charge in [0.25, 0.3) is 0 Å². The van der Waals surface area contributed by atoms with Crippen LogP contribution in [0, 0.1) is 0 Å². The van der Waals surface area contributed by atoms with Gasteiger partial charge in [0.05, 0.1) is 7.11 Å². The second-order valence-corrected chi connectivity index (χ2v) is 7.79. The summed E-state index contributed by atoms with van der Waals surface area (Å²) in [6, 6.07) is 8.27. The molecule has 0 aliphatic rings. The number of hydrogen-bond acceptors (Lipinski definition) is 5. The van der Waals surface area contributed by atoms with Crippen LogP contribution in [0.25, 0.3) is 0 Å². The Hall–Kier alpha value is -2.54. The molecule has 0 radical (unpaired) electrons. The molecule has 2 aromatic carbocycles. The molecule has 154 valence electrons. The van der Waals surface area contributed by atoms with Gasteiger partial charge in [0, 0.05) is 18.7 Å². The van der Waals surface area contributed by atoms with Gasteiger partial charge in [-0.05, 0) is 41.8 Å². The molecule has 5 nitrogen and oxygen atoms in total. The minimum atomic E-state index is -2.94. The number of rotatable bonds is 7. The molecule has 0 aromatic heterocycles. The summed E-state index contributed by atoms with van der Waals surface area (Å²) in [6.45, 7) is 3.91. The van der Waals surface area contributed by atoms with Crippen LogP contribution >= 0.6 is 0 Å². The van der Waals surface area contributed by atoms with E-state index in [-0.39, 0.29) is 28.4 Å². The lowest BCUT2D eigenvalue weighted by atomic mass is 9.85. The van der Waals surface area contributed by atoms with Gasteiger partial charge >= 0.3 is 6.61 Å². The first kappa shape index (κ1) is 21.8. The van der Waals surface area contributed by atoms with Crippen molar-refractivity contribution in [3.05, 3.63) is 47.0 Å². The summed E-state index contributed by atoms with van der Waals surface area (Å²) in [6.07, 6.45) is 0. The molecule has 0 saturated carbocycles. The van der Waals surface area contributed by atoms with E-state index in [0.717, 1.165) is 11.1 Å². The minimum Gasteiger partial charge on any atom is -0.504 e. The maximum absolute atomic E-state index is 12.6. The molecule has 0 unspecified atom stereocenters. The normalized spacial score (nSPS) is 11.9. The number of phenolic OH excluding ortho intramolecular Hbond substituents is 2. The van der Waals surface area contributed by atoms with Crippen molar-refractivity contribution in [3.8, 4) is 23.0 Å². The predicted octanol–water partition coefficient (Wildman–Crippen LogP) is 4.64. The Labute approximate surface area is 164 Å². The quantitative estimate of drug-likeness (QED) is 0.669. The molecule has 28 heavy (non-hydrogen) atoms. The highest BCUT2D eigenvalue weighted by molar-refractivity contribution is 5.49. The number of halogens is 2. The summed E-state index contributed by atoms with van der Waals surface area (Å²) < 4.78 is 34.7. The number of benzene rings is 2. The highest BCUT2D eigenvalue weighted by Crippen LogP contribution is 2.36. The lowest BCUT2D eigenvalue weighted by molar-refractivity contribution is -0.0512. The lowest BCUT2D eigenvalue weighted by Crippen LogP contribution is -2.18. The third-order valence-corrected chi connectivity index (χ3v) is 4.37. The molecule has 0 spiro atoms. The zero-order valence-corrected chi connectivity index (χ0v) is 16.8. The van der Waals surface area contributed by atoms with Crippen LogP contribution in [0.2, 0.25) is 0 Å². The number of phenols is 2. The number of ether oxygens (including phenoxy) is 2. The van der Waals surface area contributed by atoms with E-state index in [0.29, 0.717) is 18.7 Å². The van der Waals surface area contributed by atoms with Crippen molar-refractivity contribution in [1.82, 2.24) is 4.90 Å². The fourth-order valence-corrected chi connectivity index (χ4v) is 2.90. The molecule has 0 fully saturated rings. The van der Waals surface area contributed by atoms with Crippen LogP contribution in [0.3, 0.4) is 0 Å². The van der Waals surface area contributed by atoms with Crippen LogP contribution in [-0.2, 0) is 18.5 Å². The van der Waals surface area contributed by atoms with Crippen molar-refractivity contribution in [3.63, 3.8) is 0 Å². The van der Waals surface area contributed by atoms with Crippen molar-refractivity contribution in [1.29, 1.82) is 0 Å². The molecule has 2 aromatic rings. The Kier molecular flexibility index (Phi) is 6.72. The van der Waals surface area contributed by atoms with Crippen molar-refractivity contribution >= 4 is 0 Å². The third kappa shape index (κ3) is 5.48. The number of hydrogen-bond donors (Lipinski definition) is 2. The minimum absolute atomic E-state index is 0.0291. The second-order valence-electron chi connectivity index (χ2n) is 7.79. The maximum Gasteiger partial charge on any atom is 0.387 e. The first-order chi connectivity index (χ1) is 13.0. The number of aromatic hydroxyl groups is 2. The fourth-order valence-electron chi connectivity index (χ4n) is 2.90. The monoisotopic (exact) mass is 395 g/mol. The Bertz CT molecular complexity index is 819. The van der Waals surface area contributed by atoms with Crippen molar-refractivity contribution < 1.29 is 28.5 Å². The molecule has 7 heteroatoms.